The van der Waals surface area contributed by atoms with Crippen molar-refractivity contribution in [3.63, 3.8) is 0 Å². The number of carboxylic acid groups (broad SMARTS) is 1. The zero-order valence-electron chi connectivity index (χ0n) is 12.1. The van der Waals surface area contributed by atoms with Gasteiger partial charge in [-0.15, -0.1) is 0 Å². The lowest BCUT2D eigenvalue weighted by atomic mass is 10.0. The summed E-state index contributed by atoms with van der Waals surface area (Å²) in [5.74, 6) is -0.475. The topological polar surface area (TPSA) is 77.2 Å². The van der Waals surface area contributed by atoms with Gasteiger partial charge in [0.05, 0.1) is 17.8 Å². The summed E-state index contributed by atoms with van der Waals surface area (Å²) < 4.78 is 0. The van der Waals surface area contributed by atoms with E-state index in [4.69, 9.17) is 5.11 Å². The van der Waals surface area contributed by atoms with Crippen LogP contribution in [-0.2, 0) is 0 Å². The molecule has 2 aromatic rings. The predicted molar refractivity (Wildman–Crippen MR) is 84.9 cm³/mol. The van der Waals surface area contributed by atoms with E-state index in [1.165, 1.54) is 6.20 Å². The van der Waals surface area contributed by atoms with Crippen molar-refractivity contribution in [2.75, 3.05) is 11.4 Å². The standard InChI is InChI=1S/C16H15N3O2S/c1-2-19(16-18-9-14(22-16)15(20)21)12-6-5-11(8-17)13(7-12)10-3-4-10/h5-7,9-10H,2-4H2,1H3,(H,20,21). The number of hydrogen-bond acceptors (Lipinski definition) is 5. The van der Waals surface area contributed by atoms with Crippen LogP contribution in [-0.4, -0.2) is 22.6 Å². The van der Waals surface area contributed by atoms with Gasteiger partial charge in [0, 0.05) is 12.2 Å². The Labute approximate surface area is 132 Å². The van der Waals surface area contributed by atoms with E-state index in [1.807, 2.05) is 30.0 Å². The smallest absolute Gasteiger partial charge is 0.347 e. The molecule has 0 bridgehead atoms. The summed E-state index contributed by atoms with van der Waals surface area (Å²) >= 11 is 1.16. The molecule has 5 nitrogen and oxygen atoms in total. The number of aromatic nitrogens is 1. The molecule has 0 unspecified atom stereocenters. The minimum Gasteiger partial charge on any atom is -0.477 e. The Balaban J connectivity index is 1.98. The van der Waals surface area contributed by atoms with Crippen molar-refractivity contribution >= 4 is 28.1 Å². The first-order valence-corrected chi connectivity index (χ1v) is 7.96. The summed E-state index contributed by atoms with van der Waals surface area (Å²) in [7, 11) is 0. The van der Waals surface area contributed by atoms with Gasteiger partial charge in [-0.2, -0.15) is 5.26 Å². The summed E-state index contributed by atoms with van der Waals surface area (Å²) in [6, 6.07) is 8.04. The number of carbonyl (C=O) groups is 1. The molecule has 1 heterocycles. The third kappa shape index (κ3) is 2.68. The highest BCUT2D eigenvalue weighted by atomic mass is 32.1. The van der Waals surface area contributed by atoms with Gasteiger partial charge in [0.15, 0.2) is 5.13 Å². The second-order valence-corrected chi connectivity index (χ2v) is 6.22. The third-order valence-electron chi connectivity index (χ3n) is 3.74. The fraction of sp³-hybridized carbons (Fsp3) is 0.312. The molecule has 6 heteroatoms. The molecule has 1 aliphatic rings. The number of aromatic carboxylic acids is 1. The summed E-state index contributed by atoms with van der Waals surface area (Å²) in [5, 5.41) is 18.9. The van der Waals surface area contributed by atoms with E-state index in [0.717, 1.165) is 41.0 Å². The van der Waals surface area contributed by atoms with Crippen LogP contribution < -0.4 is 4.90 Å². The molecule has 1 aliphatic carbocycles. The van der Waals surface area contributed by atoms with E-state index in [1.54, 1.807) is 0 Å². The Hall–Kier alpha value is -2.39. The van der Waals surface area contributed by atoms with Crippen molar-refractivity contribution in [1.82, 2.24) is 4.98 Å². The summed E-state index contributed by atoms with van der Waals surface area (Å²) in [4.78, 5) is 17.4. The maximum atomic E-state index is 11.0. The van der Waals surface area contributed by atoms with Gasteiger partial charge in [0.1, 0.15) is 4.88 Å². The van der Waals surface area contributed by atoms with Crippen molar-refractivity contribution in [3.8, 4) is 6.07 Å². The van der Waals surface area contributed by atoms with Gasteiger partial charge in [0.25, 0.3) is 0 Å². The number of nitrogens with zero attached hydrogens (tertiary/aromatic N) is 3. The monoisotopic (exact) mass is 313 g/mol. The van der Waals surface area contributed by atoms with E-state index >= 15 is 0 Å². The van der Waals surface area contributed by atoms with Gasteiger partial charge in [-0.25, -0.2) is 9.78 Å². The number of nitriles is 1. The zero-order chi connectivity index (χ0) is 15.7. The fourth-order valence-corrected chi connectivity index (χ4v) is 3.31. The van der Waals surface area contributed by atoms with E-state index < -0.39 is 5.97 Å². The van der Waals surface area contributed by atoms with Gasteiger partial charge in [-0.05, 0) is 49.4 Å². The zero-order valence-corrected chi connectivity index (χ0v) is 12.9. The Kier molecular flexibility index (Phi) is 3.82. The summed E-state index contributed by atoms with van der Waals surface area (Å²) in [6.45, 7) is 2.68. The van der Waals surface area contributed by atoms with Crippen molar-refractivity contribution in [1.29, 1.82) is 5.26 Å². The van der Waals surface area contributed by atoms with Crippen LogP contribution in [0.15, 0.2) is 24.4 Å². The molecule has 1 saturated carbocycles. The van der Waals surface area contributed by atoms with Crippen LogP contribution in [0.25, 0.3) is 0 Å². The van der Waals surface area contributed by atoms with E-state index in [0.29, 0.717) is 17.6 Å². The highest BCUT2D eigenvalue weighted by Gasteiger charge is 2.27. The predicted octanol–water partition coefficient (Wildman–Crippen LogP) is 3.75. The van der Waals surface area contributed by atoms with Crippen LogP contribution in [0, 0.1) is 11.3 Å². The lowest BCUT2D eigenvalue weighted by molar-refractivity contribution is 0.0702. The number of hydrogen-bond donors (Lipinski definition) is 1. The first-order chi connectivity index (χ1) is 10.6. The van der Waals surface area contributed by atoms with Crippen LogP contribution in [0.1, 0.15) is 46.5 Å². The van der Waals surface area contributed by atoms with Gasteiger partial charge < -0.3 is 10.0 Å². The fourth-order valence-electron chi connectivity index (χ4n) is 2.47. The normalized spacial score (nSPS) is 13.6. The van der Waals surface area contributed by atoms with Crippen LogP contribution in [0.3, 0.4) is 0 Å². The molecule has 0 atom stereocenters. The average molecular weight is 313 g/mol. The Bertz CT molecular complexity index is 759. The molecule has 1 aromatic carbocycles. The van der Waals surface area contributed by atoms with Crippen molar-refractivity contribution in [2.45, 2.75) is 25.7 Å². The molecule has 22 heavy (non-hydrogen) atoms. The first kappa shape index (κ1) is 14.5. The maximum Gasteiger partial charge on any atom is 0.347 e. The molecule has 1 aromatic heterocycles. The minimum atomic E-state index is -0.960. The molecule has 0 saturated heterocycles. The molecule has 0 aliphatic heterocycles. The Morgan fingerprint density at radius 2 is 2.32 bits per heavy atom. The van der Waals surface area contributed by atoms with E-state index in [9.17, 15) is 10.1 Å². The van der Waals surface area contributed by atoms with E-state index in [-0.39, 0.29) is 4.88 Å². The highest BCUT2D eigenvalue weighted by molar-refractivity contribution is 7.17. The molecule has 0 radical (unpaired) electrons. The second kappa shape index (κ2) is 5.78. The molecule has 0 amide bonds. The molecule has 3 rings (SSSR count). The highest BCUT2D eigenvalue weighted by Crippen LogP contribution is 2.43. The van der Waals surface area contributed by atoms with Gasteiger partial charge in [0.2, 0.25) is 0 Å². The molecular formula is C16H15N3O2S. The van der Waals surface area contributed by atoms with E-state index in [2.05, 4.69) is 11.1 Å². The largest absolute Gasteiger partial charge is 0.477 e. The number of rotatable bonds is 5. The lowest BCUT2D eigenvalue weighted by Crippen LogP contribution is -2.16. The molecule has 1 N–H and O–H groups in total. The van der Waals surface area contributed by atoms with Crippen LogP contribution >= 0.6 is 11.3 Å². The Morgan fingerprint density at radius 1 is 1.55 bits per heavy atom. The lowest BCUT2D eigenvalue weighted by Gasteiger charge is -2.21. The maximum absolute atomic E-state index is 11.0. The molecular weight excluding hydrogens is 298 g/mol. The van der Waals surface area contributed by atoms with Gasteiger partial charge in [-0.1, -0.05) is 11.3 Å². The third-order valence-corrected chi connectivity index (χ3v) is 4.74. The number of benzene rings is 1. The quantitative estimate of drug-likeness (QED) is 0.909. The van der Waals surface area contributed by atoms with Crippen molar-refractivity contribution in [2.24, 2.45) is 0 Å². The van der Waals surface area contributed by atoms with Gasteiger partial charge in [-0.3, -0.25) is 0 Å². The molecule has 0 spiro atoms. The number of anilines is 2. The van der Waals surface area contributed by atoms with Crippen molar-refractivity contribution in [3.05, 3.63) is 40.4 Å². The average Bonchev–Trinajstić information content (AvgIpc) is 3.25. The number of thiazole rings is 1. The van der Waals surface area contributed by atoms with Gasteiger partial charge >= 0.3 is 5.97 Å². The molecule has 112 valence electrons. The Morgan fingerprint density at radius 3 is 2.86 bits per heavy atom. The summed E-state index contributed by atoms with van der Waals surface area (Å²) in [6.07, 6.45) is 3.64. The van der Waals surface area contributed by atoms with Crippen LogP contribution in [0.4, 0.5) is 10.8 Å². The molecule has 1 fully saturated rings. The van der Waals surface area contributed by atoms with Crippen LogP contribution in [0.2, 0.25) is 0 Å². The van der Waals surface area contributed by atoms with Crippen molar-refractivity contribution < 1.29 is 9.90 Å². The summed E-state index contributed by atoms with van der Waals surface area (Å²) in [5.41, 5.74) is 2.77. The second-order valence-electron chi connectivity index (χ2n) is 5.21. The first-order valence-electron chi connectivity index (χ1n) is 7.14. The number of carboxylic acids is 1. The minimum absolute atomic E-state index is 0.226. The SMILES string of the molecule is CCN(c1ccc(C#N)c(C2CC2)c1)c1ncc(C(=O)O)s1. The van der Waals surface area contributed by atoms with Crippen LogP contribution in [0.5, 0.6) is 0 Å².